The summed E-state index contributed by atoms with van der Waals surface area (Å²) in [7, 11) is -3.97. The maximum atomic E-state index is 11.3. The van der Waals surface area contributed by atoms with Crippen molar-refractivity contribution in [3.8, 4) is 0 Å². The molecule has 1 aromatic rings. The number of nitrogens with zero attached hydrogens (tertiary/aromatic N) is 2. The third kappa shape index (κ3) is 4.37. The number of morpholine rings is 1. The fraction of sp³-hybridized carbons (Fsp3) is 0.500. The Bertz CT molecular complexity index is 643. The van der Waals surface area contributed by atoms with Crippen LogP contribution in [0.2, 0.25) is 0 Å². The molecule has 1 aliphatic rings. The number of benzene rings is 1. The molecule has 1 aromatic carbocycles. The number of hydrogen-bond donors (Lipinski definition) is 2. The zero-order chi connectivity index (χ0) is 16.2. The van der Waals surface area contributed by atoms with Gasteiger partial charge in [-0.25, -0.2) is 13.6 Å². The van der Waals surface area contributed by atoms with Gasteiger partial charge in [0.2, 0.25) is 10.0 Å². The SMILES string of the molecule is NS(=O)(=O)c1ccc(NCCN2CCOCC2)c([N+](=O)[O-])c1. The lowest BCUT2D eigenvalue weighted by molar-refractivity contribution is -0.384. The maximum Gasteiger partial charge on any atom is 0.293 e. The van der Waals surface area contributed by atoms with Crippen molar-refractivity contribution in [1.82, 2.24) is 4.90 Å². The number of rotatable bonds is 6. The van der Waals surface area contributed by atoms with Gasteiger partial charge >= 0.3 is 0 Å². The second kappa shape index (κ2) is 7.01. The molecule has 1 fully saturated rings. The Balaban J connectivity index is 2.05. The molecule has 0 amide bonds. The molecule has 22 heavy (non-hydrogen) atoms. The normalized spacial score (nSPS) is 16.4. The number of primary sulfonamides is 1. The van der Waals surface area contributed by atoms with Gasteiger partial charge in [-0.05, 0) is 12.1 Å². The summed E-state index contributed by atoms with van der Waals surface area (Å²) < 4.78 is 27.8. The van der Waals surface area contributed by atoms with Gasteiger partial charge in [0.25, 0.3) is 5.69 Å². The molecule has 10 heteroatoms. The number of nitrogens with one attached hydrogen (secondary N) is 1. The highest BCUT2D eigenvalue weighted by Crippen LogP contribution is 2.26. The molecule has 9 nitrogen and oxygen atoms in total. The highest BCUT2D eigenvalue weighted by molar-refractivity contribution is 7.89. The molecule has 1 saturated heterocycles. The Morgan fingerprint density at radius 1 is 1.36 bits per heavy atom. The van der Waals surface area contributed by atoms with Crippen molar-refractivity contribution in [1.29, 1.82) is 0 Å². The van der Waals surface area contributed by atoms with Gasteiger partial charge < -0.3 is 10.1 Å². The number of ether oxygens (including phenoxy) is 1. The van der Waals surface area contributed by atoms with E-state index >= 15 is 0 Å². The van der Waals surface area contributed by atoms with Crippen LogP contribution in [0, 0.1) is 10.1 Å². The zero-order valence-electron chi connectivity index (χ0n) is 11.9. The molecule has 0 bridgehead atoms. The summed E-state index contributed by atoms with van der Waals surface area (Å²) in [6.45, 7) is 4.25. The van der Waals surface area contributed by atoms with Crippen LogP contribution in [0.15, 0.2) is 23.1 Å². The van der Waals surface area contributed by atoms with Gasteiger partial charge in [0.05, 0.1) is 23.0 Å². The average molecular weight is 330 g/mol. The van der Waals surface area contributed by atoms with Gasteiger partial charge in [0.15, 0.2) is 0 Å². The largest absolute Gasteiger partial charge is 0.379 e. The fourth-order valence-electron chi connectivity index (χ4n) is 2.16. The first kappa shape index (κ1) is 16.6. The van der Waals surface area contributed by atoms with E-state index in [9.17, 15) is 18.5 Å². The predicted octanol–water partition coefficient (Wildman–Crippen LogP) is -0.0137. The van der Waals surface area contributed by atoms with Gasteiger partial charge in [-0.3, -0.25) is 15.0 Å². The van der Waals surface area contributed by atoms with Crippen molar-refractivity contribution < 1.29 is 18.1 Å². The Labute approximate surface area is 128 Å². The van der Waals surface area contributed by atoms with Crippen molar-refractivity contribution in [3.63, 3.8) is 0 Å². The van der Waals surface area contributed by atoms with E-state index in [4.69, 9.17) is 9.88 Å². The molecule has 2 rings (SSSR count). The van der Waals surface area contributed by atoms with Gasteiger partial charge in [-0.1, -0.05) is 0 Å². The molecule has 122 valence electrons. The van der Waals surface area contributed by atoms with Crippen LogP contribution in [0.1, 0.15) is 0 Å². The molecule has 0 aromatic heterocycles. The minimum atomic E-state index is -3.97. The van der Waals surface area contributed by atoms with Gasteiger partial charge in [-0.2, -0.15) is 0 Å². The van der Waals surface area contributed by atoms with Crippen molar-refractivity contribution in [2.45, 2.75) is 4.90 Å². The molecule has 0 aliphatic carbocycles. The minimum absolute atomic E-state index is 0.269. The molecule has 0 spiro atoms. The van der Waals surface area contributed by atoms with Crippen molar-refractivity contribution >= 4 is 21.4 Å². The van der Waals surface area contributed by atoms with E-state index in [-0.39, 0.29) is 16.3 Å². The maximum absolute atomic E-state index is 11.3. The summed E-state index contributed by atoms with van der Waals surface area (Å²) in [6.07, 6.45) is 0. The van der Waals surface area contributed by atoms with Crippen molar-refractivity contribution in [2.75, 3.05) is 44.7 Å². The van der Waals surface area contributed by atoms with E-state index in [1.54, 1.807) is 0 Å². The third-order valence-corrected chi connectivity index (χ3v) is 4.25. The predicted molar refractivity (Wildman–Crippen MR) is 80.2 cm³/mol. The standard InChI is InChI=1S/C12H18N4O5S/c13-22(19,20)10-1-2-11(12(9-10)16(17)18)14-3-4-15-5-7-21-8-6-15/h1-2,9,14H,3-8H2,(H2,13,19,20). The number of sulfonamides is 1. The van der Waals surface area contributed by atoms with E-state index in [1.165, 1.54) is 12.1 Å². The second-order valence-electron chi connectivity index (χ2n) is 4.86. The summed E-state index contributed by atoms with van der Waals surface area (Å²) in [5.74, 6) is 0. The molecule has 3 N–H and O–H groups in total. The third-order valence-electron chi connectivity index (χ3n) is 3.34. The van der Waals surface area contributed by atoms with E-state index in [0.717, 1.165) is 25.7 Å². The van der Waals surface area contributed by atoms with Crippen LogP contribution in [0.3, 0.4) is 0 Å². The Morgan fingerprint density at radius 2 is 2.05 bits per heavy atom. The van der Waals surface area contributed by atoms with Crippen LogP contribution in [-0.2, 0) is 14.8 Å². The number of nitro benzene ring substituents is 1. The highest BCUT2D eigenvalue weighted by atomic mass is 32.2. The van der Waals surface area contributed by atoms with Gasteiger partial charge in [-0.15, -0.1) is 0 Å². The molecule has 1 aliphatic heterocycles. The molecule has 0 atom stereocenters. The van der Waals surface area contributed by atoms with Crippen LogP contribution < -0.4 is 10.5 Å². The summed E-state index contributed by atoms with van der Waals surface area (Å²) in [5, 5.41) is 19.0. The molecule has 1 heterocycles. The number of nitro groups is 1. The quantitative estimate of drug-likeness (QED) is 0.554. The lowest BCUT2D eigenvalue weighted by Crippen LogP contribution is -2.39. The molecular formula is C12H18N4O5S. The average Bonchev–Trinajstić information content (AvgIpc) is 2.47. The Morgan fingerprint density at radius 3 is 2.64 bits per heavy atom. The minimum Gasteiger partial charge on any atom is -0.379 e. The first-order valence-electron chi connectivity index (χ1n) is 6.73. The van der Waals surface area contributed by atoms with Crippen LogP contribution in [0.25, 0.3) is 0 Å². The number of anilines is 1. The number of nitrogens with two attached hydrogens (primary N) is 1. The monoisotopic (exact) mass is 330 g/mol. The van der Waals surface area contributed by atoms with E-state index < -0.39 is 14.9 Å². The first-order valence-corrected chi connectivity index (χ1v) is 8.28. The van der Waals surface area contributed by atoms with Crippen LogP contribution in [0.5, 0.6) is 0 Å². The van der Waals surface area contributed by atoms with Crippen LogP contribution in [-0.4, -0.2) is 57.6 Å². The molecule has 0 unspecified atom stereocenters. The summed E-state index contributed by atoms with van der Waals surface area (Å²) in [5.41, 5.74) is -0.0424. The number of hydrogen-bond acceptors (Lipinski definition) is 7. The lowest BCUT2D eigenvalue weighted by Gasteiger charge is -2.26. The van der Waals surface area contributed by atoms with Gasteiger partial charge in [0, 0.05) is 32.2 Å². The highest BCUT2D eigenvalue weighted by Gasteiger charge is 2.19. The summed E-state index contributed by atoms with van der Waals surface area (Å²) >= 11 is 0. The van der Waals surface area contributed by atoms with Crippen LogP contribution in [0.4, 0.5) is 11.4 Å². The summed E-state index contributed by atoms with van der Waals surface area (Å²) in [4.78, 5) is 12.3. The van der Waals surface area contributed by atoms with E-state index in [0.29, 0.717) is 19.8 Å². The van der Waals surface area contributed by atoms with E-state index in [2.05, 4.69) is 10.2 Å². The lowest BCUT2D eigenvalue weighted by atomic mass is 10.2. The van der Waals surface area contributed by atoms with E-state index in [1.807, 2.05) is 0 Å². The topological polar surface area (TPSA) is 128 Å². The molecule has 0 radical (unpaired) electrons. The Hall–Kier alpha value is -1.75. The van der Waals surface area contributed by atoms with Crippen LogP contribution >= 0.6 is 0 Å². The Kier molecular flexibility index (Phi) is 5.29. The first-order chi connectivity index (χ1) is 10.4. The molecular weight excluding hydrogens is 312 g/mol. The van der Waals surface area contributed by atoms with Crippen molar-refractivity contribution in [3.05, 3.63) is 28.3 Å². The smallest absolute Gasteiger partial charge is 0.293 e. The van der Waals surface area contributed by atoms with Gasteiger partial charge in [0.1, 0.15) is 5.69 Å². The fourth-order valence-corrected chi connectivity index (χ4v) is 2.70. The molecule has 0 saturated carbocycles. The second-order valence-corrected chi connectivity index (χ2v) is 6.42. The summed E-state index contributed by atoms with van der Waals surface area (Å²) in [6, 6.07) is 3.57. The van der Waals surface area contributed by atoms with Crippen molar-refractivity contribution in [2.24, 2.45) is 5.14 Å². The zero-order valence-corrected chi connectivity index (χ0v) is 12.7.